The largest absolute Gasteiger partial charge is 0.494 e. The Morgan fingerprint density at radius 2 is 1.61 bits per heavy atom. The number of fused-ring (bicyclic) bond motifs is 2. The van der Waals surface area contributed by atoms with Gasteiger partial charge in [-0.3, -0.25) is 14.4 Å². The first-order chi connectivity index (χ1) is 25.4. The number of rotatable bonds is 15. The Morgan fingerprint density at radius 1 is 0.963 bits per heavy atom. The molecule has 0 saturated carbocycles. The predicted octanol–water partition coefficient (Wildman–Crippen LogP) is 5.49. The van der Waals surface area contributed by atoms with Gasteiger partial charge in [-0.2, -0.15) is 4.99 Å². The summed E-state index contributed by atoms with van der Waals surface area (Å²) in [7, 11) is -0.428. The molecular formula is C37H48N8O7SSi. The maximum atomic E-state index is 13.4. The van der Waals surface area contributed by atoms with Gasteiger partial charge in [0.25, 0.3) is 0 Å². The number of benzene rings is 2. The molecule has 0 aliphatic carbocycles. The lowest BCUT2D eigenvalue weighted by atomic mass is 10.1. The lowest BCUT2D eigenvalue weighted by Crippen LogP contribution is -2.41. The van der Waals surface area contributed by atoms with E-state index in [4.69, 9.17) is 35.5 Å². The van der Waals surface area contributed by atoms with Crippen molar-refractivity contribution in [3.63, 3.8) is 0 Å². The number of thiazole rings is 1. The van der Waals surface area contributed by atoms with Crippen LogP contribution in [0.15, 0.2) is 45.8 Å². The Hall–Kier alpha value is -5.26. The average Bonchev–Trinajstić information content (AvgIpc) is 3.76. The van der Waals surface area contributed by atoms with Crippen LogP contribution in [0.4, 0.5) is 5.95 Å². The number of carbonyl (C=O) groups is 3. The zero-order chi connectivity index (χ0) is 39.5. The number of hydrogen-bond donors (Lipinski definition) is 3. The number of methoxy groups -OCH3 is 1. The Bertz CT molecular complexity index is 2330. The average molecular weight is 777 g/mol. The van der Waals surface area contributed by atoms with Crippen molar-refractivity contribution in [2.75, 3.05) is 26.1 Å². The number of imidazole rings is 1. The van der Waals surface area contributed by atoms with Crippen molar-refractivity contribution in [1.29, 1.82) is 0 Å². The van der Waals surface area contributed by atoms with Gasteiger partial charge in [0.15, 0.2) is 19.0 Å². The first kappa shape index (κ1) is 39.9. The molecule has 288 valence electrons. The van der Waals surface area contributed by atoms with E-state index in [0.29, 0.717) is 75.2 Å². The second-order valence-corrected chi connectivity index (χ2v) is 20.1. The molecule has 5 rings (SSSR count). The Labute approximate surface area is 317 Å². The number of oxazole rings is 1. The number of carbonyl (C=O) groups excluding carboxylic acids is 3. The normalized spacial score (nSPS) is 12.7. The third-order valence-corrected chi connectivity index (χ3v) is 15.0. The smallest absolute Gasteiger partial charge is 0.317 e. The highest BCUT2D eigenvalue weighted by atomic mass is 32.1. The van der Waals surface area contributed by atoms with Crippen LogP contribution >= 0.6 is 11.3 Å². The number of anilines is 1. The van der Waals surface area contributed by atoms with E-state index < -0.39 is 26.0 Å². The Kier molecular flexibility index (Phi) is 11.8. The minimum absolute atomic E-state index is 0.0717. The molecule has 0 aliphatic heterocycles. The highest BCUT2D eigenvalue weighted by Gasteiger charge is 2.36. The van der Waals surface area contributed by atoms with Gasteiger partial charge in [0.05, 0.1) is 29.6 Å². The summed E-state index contributed by atoms with van der Waals surface area (Å²) in [6.07, 6.45) is 4.90. The van der Waals surface area contributed by atoms with Crippen molar-refractivity contribution in [1.82, 2.24) is 19.1 Å². The number of ether oxygens (including phenoxy) is 2. The van der Waals surface area contributed by atoms with Crippen LogP contribution in [0.5, 0.6) is 11.5 Å². The van der Waals surface area contributed by atoms with Crippen LogP contribution < -0.4 is 31.5 Å². The van der Waals surface area contributed by atoms with Crippen molar-refractivity contribution < 1.29 is 32.7 Å². The second-order valence-electron chi connectivity index (χ2n) is 14.2. The zero-order valence-corrected chi connectivity index (χ0v) is 33.8. The highest BCUT2D eigenvalue weighted by Crippen LogP contribution is 2.37. The van der Waals surface area contributed by atoms with Gasteiger partial charge in [-0.05, 0) is 48.8 Å². The van der Waals surface area contributed by atoms with Crippen molar-refractivity contribution in [3.05, 3.63) is 69.7 Å². The Morgan fingerprint density at radius 3 is 2.24 bits per heavy atom. The number of aryl methyl sites for hydroxylation is 2. The fourth-order valence-electron chi connectivity index (χ4n) is 5.57. The molecule has 3 amide bonds. The van der Waals surface area contributed by atoms with Gasteiger partial charge in [-0.25, -0.2) is 9.97 Å². The summed E-state index contributed by atoms with van der Waals surface area (Å²) in [5, 5.41) is 0.0895. The lowest BCUT2D eigenvalue weighted by Gasteiger charge is -2.36. The number of nitrogens with zero attached hydrogens (tertiary/aromatic N) is 5. The van der Waals surface area contributed by atoms with Crippen LogP contribution in [0, 0.1) is 6.92 Å². The molecule has 0 saturated heterocycles. The van der Waals surface area contributed by atoms with Crippen LogP contribution in [0.2, 0.25) is 18.1 Å². The molecule has 6 N–H and O–H groups in total. The molecule has 0 fully saturated rings. The fourth-order valence-corrected chi connectivity index (χ4v) is 7.75. The number of nitrogens with two attached hydrogens (primary N) is 3. The number of allylic oxidation sites excluding steroid dienone is 2. The van der Waals surface area contributed by atoms with Crippen molar-refractivity contribution in [2.24, 2.45) is 16.5 Å². The van der Waals surface area contributed by atoms with Crippen molar-refractivity contribution in [3.8, 4) is 11.5 Å². The van der Waals surface area contributed by atoms with E-state index in [9.17, 15) is 14.4 Å². The third-order valence-electron chi connectivity index (χ3n) is 9.46. The number of nitrogen functional groups attached to an aromatic ring is 1. The van der Waals surface area contributed by atoms with E-state index in [0.717, 1.165) is 0 Å². The van der Waals surface area contributed by atoms with E-state index in [1.54, 1.807) is 35.8 Å². The molecule has 3 aromatic heterocycles. The van der Waals surface area contributed by atoms with Crippen LogP contribution in [-0.2, 0) is 23.9 Å². The van der Waals surface area contributed by atoms with E-state index >= 15 is 0 Å². The lowest BCUT2D eigenvalue weighted by molar-refractivity contribution is 0.0966. The number of hydrogen-bond acceptors (Lipinski definition) is 11. The second kappa shape index (κ2) is 16.0. The van der Waals surface area contributed by atoms with E-state index in [-0.39, 0.29) is 41.0 Å². The van der Waals surface area contributed by atoms with E-state index in [1.807, 2.05) is 23.6 Å². The summed E-state index contributed by atoms with van der Waals surface area (Å²) in [5.74, 6) is -0.355. The van der Waals surface area contributed by atoms with Gasteiger partial charge in [0.2, 0.25) is 23.5 Å². The van der Waals surface area contributed by atoms with Crippen LogP contribution in [0.3, 0.4) is 0 Å². The van der Waals surface area contributed by atoms with Crippen LogP contribution in [0.25, 0.3) is 21.3 Å². The summed E-state index contributed by atoms with van der Waals surface area (Å²) < 4.78 is 28.0. The zero-order valence-electron chi connectivity index (χ0n) is 31.9. The summed E-state index contributed by atoms with van der Waals surface area (Å²) in [6.45, 7) is 16.0. The Balaban J connectivity index is 1.46. The minimum atomic E-state index is -1.92. The molecule has 2 aromatic carbocycles. The van der Waals surface area contributed by atoms with Gasteiger partial charge < -0.3 is 44.7 Å². The molecule has 0 aliphatic rings. The minimum Gasteiger partial charge on any atom is -0.494 e. The fraction of sp³-hybridized carbons (Fsp3) is 0.405. The molecule has 0 radical (unpaired) electrons. The molecular weight excluding hydrogens is 729 g/mol. The summed E-state index contributed by atoms with van der Waals surface area (Å²) in [5.41, 5.74) is 20.4. The van der Waals surface area contributed by atoms with E-state index in [1.165, 1.54) is 18.4 Å². The topological polar surface area (TPSA) is 218 Å². The monoisotopic (exact) mass is 776 g/mol. The quantitative estimate of drug-likeness (QED) is 0.0690. The summed E-state index contributed by atoms with van der Waals surface area (Å²) in [6, 6.07) is 6.39. The van der Waals surface area contributed by atoms with Gasteiger partial charge >= 0.3 is 5.91 Å². The standard InChI is InChI=1S/C37H48N8O7SSi/c1-9-24-31(52-21(2)41-24)34(48)43-36-45(30-26(49-6)18-23(33(39)47)20-28(30)53-36)14-11-10-13-44-29-25(42-35(44)40)17-22(32(38)46)19-27(29)50-15-12-16-51-54(7,8)37(3,4)5/h10-11,17-20H,9,12-16H2,1-8H3,(H2,38,46)(H2,39,47)(H2,40,42)/b11-10+,43-36?. The van der Waals surface area contributed by atoms with Gasteiger partial charge in [0.1, 0.15) is 22.5 Å². The van der Waals surface area contributed by atoms with Gasteiger partial charge in [-0.1, -0.05) is 51.2 Å². The molecule has 5 aromatic rings. The first-order valence-corrected chi connectivity index (χ1v) is 21.3. The molecule has 15 nitrogen and oxygen atoms in total. The predicted molar refractivity (Wildman–Crippen MR) is 210 cm³/mol. The molecule has 0 atom stereocenters. The van der Waals surface area contributed by atoms with Crippen LogP contribution in [-0.4, -0.2) is 65.5 Å². The molecule has 54 heavy (non-hydrogen) atoms. The van der Waals surface area contributed by atoms with E-state index in [2.05, 4.69) is 48.8 Å². The first-order valence-electron chi connectivity index (χ1n) is 17.5. The number of aromatic nitrogens is 4. The molecule has 0 bridgehead atoms. The molecule has 17 heteroatoms. The number of amides is 3. The summed E-state index contributed by atoms with van der Waals surface area (Å²) >= 11 is 1.20. The number of primary amides is 2. The maximum Gasteiger partial charge on any atom is 0.317 e. The maximum absolute atomic E-state index is 13.4. The third kappa shape index (κ3) is 8.42. The molecule has 3 heterocycles. The van der Waals surface area contributed by atoms with Crippen LogP contribution in [0.1, 0.15) is 77.0 Å². The SMILES string of the molecule is CCc1nc(C)oc1C(=O)N=c1sc2cc(C(N)=O)cc(OC)c2n1C/C=C/Cn1c(N)nc2cc(C(N)=O)cc(OCCCO[Si](C)(C)C(C)(C)C)c21. The molecule has 0 unspecified atom stereocenters. The van der Waals surface area contributed by atoms with Crippen molar-refractivity contribution >= 4 is 64.6 Å². The summed E-state index contributed by atoms with van der Waals surface area (Å²) in [4.78, 5) is 51.3. The van der Waals surface area contributed by atoms with Gasteiger partial charge in [-0.15, -0.1) is 0 Å². The van der Waals surface area contributed by atoms with Gasteiger partial charge in [0, 0.05) is 44.2 Å². The highest BCUT2D eigenvalue weighted by molar-refractivity contribution is 7.16. The van der Waals surface area contributed by atoms with Crippen molar-refractivity contribution in [2.45, 2.75) is 78.7 Å². The molecule has 0 spiro atoms.